The molecule has 0 saturated carbocycles. The molecule has 50 heavy (non-hydrogen) atoms. The maximum absolute atomic E-state index is 13.9. The first-order valence-corrected chi connectivity index (χ1v) is 16.6. The Labute approximate surface area is 286 Å². The molecule has 1 aromatic rings. The van der Waals surface area contributed by atoms with Gasteiger partial charge in [-0.3, -0.25) is 9.69 Å². The minimum absolute atomic E-state index is 0.0539. The van der Waals surface area contributed by atoms with E-state index in [1.165, 1.54) is 18.0 Å². The van der Waals surface area contributed by atoms with Gasteiger partial charge in [0, 0.05) is 51.3 Å². The summed E-state index contributed by atoms with van der Waals surface area (Å²) in [5.41, 5.74) is 3.10. The van der Waals surface area contributed by atoms with Gasteiger partial charge in [-0.2, -0.15) is 39.5 Å². The second-order valence-electron chi connectivity index (χ2n) is 12.7. The lowest BCUT2D eigenvalue weighted by Gasteiger charge is -2.39. The first-order chi connectivity index (χ1) is 23.2. The molecule has 1 unspecified atom stereocenters. The van der Waals surface area contributed by atoms with E-state index in [4.69, 9.17) is 11.6 Å². The summed E-state index contributed by atoms with van der Waals surface area (Å²) >= 11 is 0. The molecule has 2 saturated heterocycles. The number of hydrogen-bond acceptors (Lipinski definition) is 5. The number of hydrazine groups is 1. The summed E-state index contributed by atoms with van der Waals surface area (Å²) < 4.78 is 123. The largest absolute Gasteiger partial charge is 0.416 e. The highest BCUT2D eigenvalue weighted by Crippen LogP contribution is 2.37. The number of amides is 1. The molecule has 8 nitrogen and oxygen atoms in total. The molecule has 2 heterocycles. The van der Waals surface area contributed by atoms with E-state index in [-0.39, 0.29) is 42.6 Å². The predicted molar refractivity (Wildman–Crippen MR) is 172 cm³/mol. The van der Waals surface area contributed by atoms with E-state index in [2.05, 4.69) is 10.0 Å². The van der Waals surface area contributed by atoms with E-state index in [0.717, 1.165) is 50.0 Å². The minimum Gasteiger partial charge on any atom is -0.368 e. The van der Waals surface area contributed by atoms with Crippen LogP contribution in [0.15, 0.2) is 46.6 Å². The van der Waals surface area contributed by atoms with Crippen molar-refractivity contribution < 1.29 is 44.3 Å². The zero-order valence-corrected chi connectivity index (χ0v) is 28.4. The monoisotopic (exact) mass is 727 g/mol. The number of rotatable bonds is 13. The fourth-order valence-electron chi connectivity index (χ4n) is 6.48. The van der Waals surface area contributed by atoms with E-state index in [1.54, 1.807) is 0 Å². The van der Waals surface area contributed by atoms with Crippen LogP contribution in [0.4, 0.5) is 39.5 Å². The van der Waals surface area contributed by atoms with Crippen LogP contribution >= 0.6 is 0 Å². The Hall–Kier alpha value is -3.47. The molecular weight excluding hydrogens is 681 g/mol. The van der Waals surface area contributed by atoms with Crippen molar-refractivity contribution in [3.05, 3.63) is 58.2 Å². The Balaban J connectivity index is 1.94. The highest BCUT2D eigenvalue weighted by atomic mass is 19.4. The molecule has 0 aromatic heterocycles. The molecule has 2 aliphatic rings. The number of nitrogens with two attached hydrogens (primary N) is 2. The third-order valence-electron chi connectivity index (χ3n) is 9.07. The van der Waals surface area contributed by atoms with Crippen LogP contribution in [0.3, 0.4) is 0 Å². The molecule has 0 radical (unpaired) electrons. The topological polar surface area (TPSA) is 94.4 Å². The van der Waals surface area contributed by atoms with Gasteiger partial charge in [0.15, 0.2) is 0 Å². The number of piperidine rings is 1. The van der Waals surface area contributed by atoms with Crippen LogP contribution < -0.4 is 11.6 Å². The summed E-state index contributed by atoms with van der Waals surface area (Å²) in [6, 6.07) is 3.06. The molecule has 0 bridgehead atoms. The van der Waals surface area contributed by atoms with Crippen molar-refractivity contribution in [2.45, 2.75) is 89.9 Å². The van der Waals surface area contributed by atoms with Crippen LogP contribution in [0.5, 0.6) is 0 Å². The zero-order valence-electron chi connectivity index (χ0n) is 28.4. The molecule has 4 N–H and O–H groups in total. The molecule has 1 atom stereocenters. The van der Waals surface area contributed by atoms with Crippen LogP contribution in [0.25, 0.3) is 0 Å². The van der Waals surface area contributed by atoms with Crippen molar-refractivity contribution in [1.29, 1.82) is 0 Å². The van der Waals surface area contributed by atoms with Crippen LogP contribution in [-0.4, -0.2) is 83.8 Å². The minimum atomic E-state index is -5.10. The molecule has 0 aliphatic carbocycles. The number of allylic oxidation sites excluding steroid dienone is 3. The Bertz CT molecular complexity index is 1380. The average molecular weight is 728 g/mol. The number of carbonyl (C=O) groups is 1. The molecule has 3 rings (SSSR count). The third-order valence-corrected chi connectivity index (χ3v) is 9.07. The van der Waals surface area contributed by atoms with Crippen molar-refractivity contribution >= 4 is 11.9 Å². The summed E-state index contributed by atoms with van der Waals surface area (Å²) in [5.74, 6) is 5.74. The lowest BCUT2D eigenvalue weighted by atomic mass is 9.90. The van der Waals surface area contributed by atoms with Gasteiger partial charge in [0.05, 0.1) is 11.1 Å². The number of hydrogen-bond donors (Lipinski definition) is 2. The molecule has 1 aromatic carbocycles. The molecule has 2 fully saturated rings. The van der Waals surface area contributed by atoms with Gasteiger partial charge < -0.3 is 15.5 Å². The van der Waals surface area contributed by atoms with Gasteiger partial charge in [-0.05, 0) is 86.9 Å². The Morgan fingerprint density at radius 1 is 1.04 bits per heavy atom. The molecular formula is C33H46F9N7O. The molecule has 1 amide bonds. The van der Waals surface area contributed by atoms with Crippen molar-refractivity contribution in [2.24, 2.45) is 22.6 Å². The van der Waals surface area contributed by atoms with E-state index in [0.29, 0.717) is 50.0 Å². The SMILES string of the molecule is CC/C(=C\C(=C/CCN(Cc1cc(C(F)(F)F)ccc1C(CC)N1CCC(CN2CCCC2=O)CC1)/C(N)=N/N(C)N)C(F)(F)F)C(F)(F)F. The van der Waals surface area contributed by atoms with Crippen molar-refractivity contribution in [1.82, 2.24) is 19.8 Å². The first kappa shape index (κ1) is 41.0. The van der Waals surface area contributed by atoms with Gasteiger partial charge in [-0.25, -0.2) is 11.0 Å². The number of benzene rings is 1. The second-order valence-corrected chi connectivity index (χ2v) is 12.7. The van der Waals surface area contributed by atoms with Crippen molar-refractivity contribution in [2.75, 3.05) is 39.8 Å². The number of nitrogens with zero attached hydrogens (tertiary/aromatic N) is 5. The first-order valence-electron chi connectivity index (χ1n) is 16.6. The van der Waals surface area contributed by atoms with E-state index in [9.17, 15) is 44.3 Å². The van der Waals surface area contributed by atoms with Crippen LogP contribution in [-0.2, 0) is 17.5 Å². The van der Waals surface area contributed by atoms with E-state index < -0.39 is 48.1 Å². The lowest BCUT2D eigenvalue weighted by Crippen LogP contribution is -2.42. The normalized spacial score (nSPS) is 18.6. The smallest absolute Gasteiger partial charge is 0.368 e. The molecule has 2 aliphatic heterocycles. The van der Waals surface area contributed by atoms with Gasteiger partial charge in [0.1, 0.15) is 0 Å². The predicted octanol–water partition coefficient (Wildman–Crippen LogP) is 7.11. The summed E-state index contributed by atoms with van der Waals surface area (Å²) in [6.07, 6.45) is -11.8. The number of likely N-dealkylation sites (tertiary alicyclic amines) is 2. The average Bonchev–Trinajstić information content (AvgIpc) is 3.41. The Morgan fingerprint density at radius 3 is 2.20 bits per heavy atom. The second kappa shape index (κ2) is 17.2. The number of halogens is 9. The quantitative estimate of drug-likeness (QED) is 0.0563. The molecule has 17 heteroatoms. The standard InChI is InChI=1S/C33H46F9N7O/c1-4-24(31(34,35)36)19-25(32(37,38)39)8-6-15-49(30(43)45-46(3)44)21-23-18-26(33(40,41)42)10-11-27(23)28(5-2)47-16-12-22(13-17-47)20-48-14-7-9-29(48)50/h8,10-11,18-19,22,28H,4-7,9,12-17,20-21,44H2,1-3H3,(H2,43,45)/b24-19+,25-8+. The van der Waals surface area contributed by atoms with Gasteiger partial charge >= 0.3 is 18.5 Å². The van der Waals surface area contributed by atoms with E-state index in [1.807, 2.05) is 11.8 Å². The van der Waals surface area contributed by atoms with Crippen molar-refractivity contribution in [3.63, 3.8) is 0 Å². The van der Waals surface area contributed by atoms with Gasteiger partial charge in [0.25, 0.3) is 0 Å². The maximum atomic E-state index is 13.9. The maximum Gasteiger partial charge on any atom is 0.416 e. The molecule has 282 valence electrons. The van der Waals surface area contributed by atoms with Gasteiger partial charge in [-0.1, -0.05) is 26.0 Å². The van der Waals surface area contributed by atoms with Crippen LogP contribution in [0.2, 0.25) is 0 Å². The molecule has 0 spiro atoms. The fourth-order valence-corrected chi connectivity index (χ4v) is 6.48. The van der Waals surface area contributed by atoms with Crippen molar-refractivity contribution in [3.8, 4) is 0 Å². The number of guanidine groups is 1. The highest BCUT2D eigenvalue weighted by Gasteiger charge is 2.38. The summed E-state index contributed by atoms with van der Waals surface area (Å²) in [6.45, 7) is 5.06. The Morgan fingerprint density at radius 2 is 1.70 bits per heavy atom. The summed E-state index contributed by atoms with van der Waals surface area (Å²) in [4.78, 5) is 17.4. The third kappa shape index (κ3) is 11.5. The lowest BCUT2D eigenvalue weighted by molar-refractivity contribution is -0.137. The highest BCUT2D eigenvalue weighted by molar-refractivity contribution is 5.78. The fraction of sp³-hybridized carbons (Fsp3) is 0.636. The zero-order chi connectivity index (χ0) is 37.4. The number of alkyl halides is 9. The number of carbonyl (C=O) groups excluding carboxylic acids is 1. The summed E-state index contributed by atoms with van der Waals surface area (Å²) in [5, 5.41) is 4.71. The van der Waals surface area contributed by atoms with Gasteiger partial charge in [-0.15, -0.1) is 5.10 Å². The summed E-state index contributed by atoms with van der Waals surface area (Å²) in [7, 11) is 1.31. The van der Waals surface area contributed by atoms with Gasteiger partial charge in [0.2, 0.25) is 11.9 Å². The van der Waals surface area contributed by atoms with Crippen LogP contribution in [0.1, 0.15) is 81.5 Å². The van der Waals surface area contributed by atoms with Crippen LogP contribution in [0, 0.1) is 5.92 Å². The number of hydrazone groups is 1. The van der Waals surface area contributed by atoms with E-state index >= 15 is 0 Å². The Kier molecular flexibility index (Phi) is 14.1.